The van der Waals surface area contributed by atoms with Gasteiger partial charge in [-0.05, 0) is 30.7 Å². The summed E-state index contributed by atoms with van der Waals surface area (Å²) in [5.74, 6) is 0. The van der Waals surface area contributed by atoms with E-state index in [1.807, 2.05) is 31.2 Å². The number of fused-ring (bicyclic) bond motifs is 1. The second-order valence-corrected chi connectivity index (χ2v) is 4.44. The van der Waals surface area contributed by atoms with Crippen LogP contribution in [0.4, 0.5) is 5.69 Å². The van der Waals surface area contributed by atoms with E-state index in [4.69, 9.17) is 8.83 Å². The summed E-state index contributed by atoms with van der Waals surface area (Å²) in [6, 6.07) is 9.16. The molecule has 0 saturated heterocycles. The first-order valence-electron chi connectivity index (χ1n) is 6.02. The number of hydrogen-bond acceptors (Lipinski definition) is 4. The van der Waals surface area contributed by atoms with Crippen molar-refractivity contribution in [2.75, 3.05) is 5.32 Å². The third-order valence-electron chi connectivity index (χ3n) is 3.03. The minimum absolute atomic E-state index is 0.322. The molecule has 0 aliphatic heterocycles. The number of aryl methyl sites for hydroxylation is 1. The van der Waals surface area contributed by atoms with E-state index >= 15 is 0 Å². The molecule has 2 heterocycles. The van der Waals surface area contributed by atoms with Crippen molar-refractivity contribution in [3.8, 4) is 0 Å². The smallest absolute Gasteiger partial charge is 0.336 e. The largest absolute Gasteiger partial charge is 0.472 e. The minimum Gasteiger partial charge on any atom is -0.472 e. The molecule has 0 amide bonds. The van der Waals surface area contributed by atoms with Crippen molar-refractivity contribution in [1.82, 2.24) is 0 Å². The van der Waals surface area contributed by atoms with Gasteiger partial charge < -0.3 is 14.2 Å². The number of hydrogen-bond donors (Lipinski definition) is 1. The topological polar surface area (TPSA) is 55.4 Å². The average Bonchev–Trinajstić information content (AvgIpc) is 2.88. The van der Waals surface area contributed by atoms with Crippen molar-refractivity contribution in [3.05, 3.63) is 64.4 Å². The molecule has 0 bridgehead atoms. The maximum absolute atomic E-state index is 11.4. The molecule has 0 aliphatic carbocycles. The second-order valence-electron chi connectivity index (χ2n) is 4.44. The maximum Gasteiger partial charge on any atom is 0.336 e. The molecule has 0 saturated carbocycles. The summed E-state index contributed by atoms with van der Waals surface area (Å²) in [7, 11) is 0. The average molecular weight is 255 g/mol. The van der Waals surface area contributed by atoms with Crippen molar-refractivity contribution in [3.63, 3.8) is 0 Å². The predicted octanol–water partition coefficient (Wildman–Crippen LogP) is 3.31. The van der Waals surface area contributed by atoms with Gasteiger partial charge in [0, 0.05) is 35.3 Å². The first-order valence-corrected chi connectivity index (χ1v) is 6.02. The van der Waals surface area contributed by atoms with Crippen LogP contribution in [0.3, 0.4) is 0 Å². The predicted molar refractivity (Wildman–Crippen MR) is 73.3 cm³/mol. The van der Waals surface area contributed by atoms with E-state index in [2.05, 4.69) is 5.32 Å². The number of nitrogens with one attached hydrogen (secondary N) is 1. The number of anilines is 1. The third-order valence-corrected chi connectivity index (χ3v) is 3.03. The van der Waals surface area contributed by atoms with Crippen LogP contribution in [0.2, 0.25) is 0 Å². The Kier molecular flexibility index (Phi) is 2.83. The Hall–Kier alpha value is -2.49. The molecule has 3 rings (SSSR count). The summed E-state index contributed by atoms with van der Waals surface area (Å²) < 4.78 is 10.2. The highest BCUT2D eigenvalue weighted by Crippen LogP contribution is 2.21. The molecule has 3 aromatic rings. The van der Waals surface area contributed by atoms with Crippen LogP contribution in [0.5, 0.6) is 0 Å². The summed E-state index contributed by atoms with van der Waals surface area (Å²) in [5.41, 5.74) is 3.17. The van der Waals surface area contributed by atoms with Gasteiger partial charge in [-0.25, -0.2) is 4.79 Å². The van der Waals surface area contributed by atoms with E-state index in [-0.39, 0.29) is 5.63 Å². The van der Waals surface area contributed by atoms with Gasteiger partial charge in [0.05, 0.1) is 12.5 Å². The molecule has 0 radical (unpaired) electrons. The Morgan fingerprint density at radius 1 is 1.21 bits per heavy atom. The molecule has 0 aliphatic rings. The Labute approximate surface area is 109 Å². The van der Waals surface area contributed by atoms with Gasteiger partial charge in [0.1, 0.15) is 5.58 Å². The standard InChI is InChI=1S/C15H13NO3/c1-10-6-15(17)19-14-7-12(2-3-13(10)14)16-8-11-4-5-18-9-11/h2-7,9,16H,8H2,1H3. The fourth-order valence-corrected chi connectivity index (χ4v) is 2.03. The Bertz CT molecular complexity index is 757. The van der Waals surface area contributed by atoms with Gasteiger partial charge in [-0.15, -0.1) is 0 Å². The van der Waals surface area contributed by atoms with E-state index in [9.17, 15) is 4.79 Å². The molecule has 0 unspecified atom stereocenters. The lowest BCUT2D eigenvalue weighted by Crippen LogP contribution is -2.00. The van der Waals surface area contributed by atoms with Crippen LogP contribution in [-0.2, 0) is 6.54 Å². The zero-order valence-corrected chi connectivity index (χ0v) is 10.5. The molecular formula is C15H13NO3. The van der Waals surface area contributed by atoms with Crippen LogP contribution >= 0.6 is 0 Å². The van der Waals surface area contributed by atoms with Gasteiger partial charge in [0.25, 0.3) is 0 Å². The van der Waals surface area contributed by atoms with Crippen molar-refractivity contribution < 1.29 is 8.83 Å². The highest BCUT2D eigenvalue weighted by molar-refractivity contribution is 5.83. The quantitative estimate of drug-likeness (QED) is 0.729. The Balaban J connectivity index is 1.91. The summed E-state index contributed by atoms with van der Waals surface area (Å²) in [4.78, 5) is 11.4. The molecule has 2 aromatic heterocycles. The summed E-state index contributed by atoms with van der Waals surface area (Å²) in [6.45, 7) is 2.57. The zero-order valence-electron chi connectivity index (χ0n) is 10.5. The normalized spacial score (nSPS) is 10.8. The van der Waals surface area contributed by atoms with E-state index in [0.29, 0.717) is 12.1 Å². The monoisotopic (exact) mass is 255 g/mol. The summed E-state index contributed by atoms with van der Waals surface area (Å²) >= 11 is 0. The van der Waals surface area contributed by atoms with Crippen LogP contribution in [0.15, 0.2) is 56.5 Å². The highest BCUT2D eigenvalue weighted by atomic mass is 16.4. The number of rotatable bonds is 3. The lowest BCUT2D eigenvalue weighted by molar-refractivity contribution is 0.560. The van der Waals surface area contributed by atoms with Crippen molar-refractivity contribution in [2.24, 2.45) is 0 Å². The molecule has 19 heavy (non-hydrogen) atoms. The fourth-order valence-electron chi connectivity index (χ4n) is 2.03. The molecule has 4 heteroatoms. The zero-order chi connectivity index (χ0) is 13.2. The minimum atomic E-state index is -0.322. The van der Waals surface area contributed by atoms with Crippen LogP contribution in [0.1, 0.15) is 11.1 Å². The van der Waals surface area contributed by atoms with E-state index in [1.54, 1.807) is 12.5 Å². The first-order chi connectivity index (χ1) is 9.22. The molecule has 4 nitrogen and oxygen atoms in total. The second kappa shape index (κ2) is 4.65. The number of furan rings is 1. The van der Waals surface area contributed by atoms with Gasteiger partial charge in [-0.3, -0.25) is 0 Å². The van der Waals surface area contributed by atoms with Crippen LogP contribution in [0, 0.1) is 6.92 Å². The first kappa shape index (κ1) is 11.6. The van der Waals surface area contributed by atoms with Gasteiger partial charge >= 0.3 is 5.63 Å². The summed E-state index contributed by atoms with van der Waals surface area (Å²) in [5, 5.41) is 4.21. The van der Waals surface area contributed by atoms with Crippen LogP contribution < -0.4 is 10.9 Å². The third kappa shape index (κ3) is 2.38. The molecule has 1 N–H and O–H groups in total. The Morgan fingerprint density at radius 3 is 2.89 bits per heavy atom. The van der Waals surface area contributed by atoms with E-state index < -0.39 is 0 Å². The van der Waals surface area contributed by atoms with Gasteiger partial charge in [0.15, 0.2) is 0 Å². The van der Waals surface area contributed by atoms with E-state index in [1.165, 1.54) is 6.07 Å². The highest BCUT2D eigenvalue weighted by Gasteiger charge is 2.03. The van der Waals surface area contributed by atoms with Gasteiger partial charge in [0.2, 0.25) is 0 Å². The van der Waals surface area contributed by atoms with Crippen molar-refractivity contribution >= 4 is 16.7 Å². The lowest BCUT2D eigenvalue weighted by Gasteiger charge is -2.06. The Morgan fingerprint density at radius 2 is 2.11 bits per heavy atom. The molecular weight excluding hydrogens is 242 g/mol. The van der Waals surface area contributed by atoms with Crippen molar-refractivity contribution in [1.29, 1.82) is 0 Å². The van der Waals surface area contributed by atoms with Crippen LogP contribution in [-0.4, -0.2) is 0 Å². The molecule has 1 aromatic carbocycles. The SMILES string of the molecule is Cc1cc(=O)oc2cc(NCc3ccoc3)ccc12. The van der Waals surface area contributed by atoms with Gasteiger partial charge in [-0.1, -0.05) is 0 Å². The molecule has 0 fully saturated rings. The summed E-state index contributed by atoms with van der Waals surface area (Å²) in [6.07, 6.45) is 3.33. The maximum atomic E-state index is 11.4. The molecule has 96 valence electrons. The molecule has 0 spiro atoms. The number of benzene rings is 1. The van der Waals surface area contributed by atoms with Crippen LogP contribution in [0.25, 0.3) is 11.0 Å². The van der Waals surface area contributed by atoms with Gasteiger partial charge in [-0.2, -0.15) is 0 Å². The van der Waals surface area contributed by atoms with E-state index in [0.717, 1.165) is 22.2 Å². The lowest BCUT2D eigenvalue weighted by atomic mass is 10.1. The fraction of sp³-hybridized carbons (Fsp3) is 0.133. The van der Waals surface area contributed by atoms with Crippen molar-refractivity contribution in [2.45, 2.75) is 13.5 Å². The molecule has 0 atom stereocenters.